The number of nitrogens with one attached hydrogen (secondary N) is 1. The second-order valence-corrected chi connectivity index (χ2v) is 7.47. The van der Waals surface area contributed by atoms with E-state index in [0.717, 1.165) is 51.4 Å². The molecule has 3 aliphatic heterocycles. The minimum Gasteiger partial charge on any atom is -0.335 e. The number of fused-ring (bicyclic) bond motifs is 2. The molecule has 2 atom stereocenters. The van der Waals surface area contributed by atoms with Crippen LogP contribution in [0.4, 0.5) is 0 Å². The summed E-state index contributed by atoms with van der Waals surface area (Å²) in [6.07, 6.45) is 3.45. The van der Waals surface area contributed by atoms with Crippen LogP contribution < -0.4 is 5.32 Å². The summed E-state index contributed by atoms with van der Waals surface area (Å²) in [5, 5.41) is 8.64. The van der Waals surface area contributed by atoms with E-state index in [1.165, 1.54) is 12.8 Å². The Bertz CT molecular complexity index is 603. The number of amides is 1. The van der Waals surface area contributed by atoms with Gasteiger partial charge in [-0.15, -0.1) is 0 Å². The smallest absolute Gasteiger partial charge is 0.275 e. The van der Waals surface area contributed by atoms with Crippen LogP contribution in [0.15, 0.2) is 0 Å². The highest BCUT2D eigenvalue weighted by molar-refractivity contribution is 6.34. The van der Waals surface area contributed by atoms with Gasteiger partial charge in [-0.1, -0.05) is 25.4 Å². The first-order chi connectivity index (χ1) is 12.1. The maximum absolute atomic E-state index is 12.9. The van der Waals surface area contributed by atoms with E-state index in [4.69, 9.17) is 11.6 Å². The number of piperidine rings is 1. The zero-order valence-corrected chi connectivity index (χ0v) is 16.3. The summed E-state index contributed by atoms with van der Waals surface area (Å²) in [6, 6.07) is 0.443. The van der Waals surface area contributed by atoms with E-state index in [1.807, 2.05) is 23.4 Å². The van der Waals surface area contributed by atoms with E-state index in [-0.39, 0.29) is 5.91 Å². The van der Waals surface area contributed by atoms with Gasteiger partial charge in [-0.25, -0.2) is 0 Å². The average molecular weight is 368 g/mol. The summed E-state index contributed by atoms with van der Waals surface area (Å²) in [5.74, 6) is 0.576. The fraction of sp³-hybridized carbons (Fsp3) is 0.778. The highest BCUT2D eigenvalue weighted by Gasteiger charge is 2.38. The van der Waals surface area contributed by atoms with Crippen molar-refractivity contribution in [2.24, 2.45) is 5.92 Å². The minimum absolute atomic E-state index is 0.00516. The summed E-state index contributed by atoms with van der Waals surface area (Å²) >= 11 is 6.53. The maximum atomic E-state index is 12.9. The van der Waals surface area contributed by atoms with Crippen molar-refractivity contribution in [1.82, 2.24) is 24.9 Å². The molecule has 4 rings (SSSR count). The number of aryl methyl sites for hydroxylation is 1. The molecule has 1 aromatic heterocycles. The molecule has 1 aromatic rings. The second kappa shape index (κ2) is 8.06. The van der Waals surface area contributed by atoms with Crippen molar-refractivity contribution in [1.29, 1.82) is 0 Å². The fourth-order valence-electron chi connectivity index (χ4n) is 4.14. The molecule has 2 saturated heterocycles. The van der Waals surface area contributed by atoms with E-state index in [1.54, 1.807) is 0 Å². The van der Waals surface area contributed by atoms with Crippen LogP contribution in [0.3, 0.4) is 0 Å². The van der Waals surface area contributed by atoms with Crippen molar-refractivity contribution >= 4 is 17.5 Å². The van der Waals surface area contributed by atoms with Gasteiger partial charge in [-0.2, -0.15) is 5.10 Å². The Balaban J connectivity index is 0.000000880. The van der Waals surface area contributed by atoms with Gasteiger partial charge < -0.3 is 15.1 Å². The zero-order chi connectivity index (χ0) is 18.0. The zero-order valence-electron chi connectivity index (χ0n) is 15.6. The third-order valence-corrected chi connectivity index (χ3v) is 5.81. The lowest BCUT2D eigenvalue weighted by molar-refractivity contribution is 0.0779. The molecule has 0 aliphatic carbocycles. The lowest BCUT2D eigenvalue weighted by Gasteiger charge is -2.24. The molecular weight excluding hydrogens is 338 g/mol. The van der Waals surface area contributed by atoms with Gasteiger partial charge in [0.15, 0.2) is 5.69 Å². The molecule has 25 heavy (non-hydrogen) atoms. The van der Waals surface area contributed by atoms with Gasteiger partial charge in [0.05, 0.1) is 10.7 Å². The molecule has 7 heteroatoms. The number of hydrogen-bond acceptors (Lipinski definition) is 4. The maximum Gasteiger partial charge on any atom is 0.275 e. The Morgan fingerprint density at radius 3 is 2.80 bits per heavy atom. The largest absolute Gasteiger partial charge is 0.335 e. The van der Waals surface area contributed by atoms with Crippen molar-refractivity contribution in [3.63, 3.8) is 0 Å². The van der Waals surface area contributed by atoms with Gasteiger partial charge in [0.2, 0.25) is 0 Å². The Kier molecular flexibility index (Phi) is 6.02. The standard InChI is InChI=1S/C16H24ClN5O.C2H6/c1-20-6-3-7-22-13(10-20)14(17)15(19-22)16(23)21-8-11-4-2-5-18-12(11)9-21;1-2/h11-12,18H,2-10H2,1H3;1-2H3. The molecule has 0 spiro atoms. The highest BCUT2D eigenvalue weighted by atomic mass is 35.5. The van der Waals surface area contributed by atoms with Gasteiger partial charge in [0.1, 0.15) is 0 Å². The molecular formula is C18H30ClN5O. The number of hydrogen-bond donors (Lipinski definition) is 1. The Hall–Kier alpha value is -1.11. The number of rotatable bonds is 1. The average Bonchev–Trinajstić information content (AvgIpc) is 3.13. The van der Waals surface area contributed by atoms with E-state index in [9.17, 15) is 4.79 Å². The van der Waals surface area contributed by atoms with E-state index in [0.29, 0.717) is 22.7 Å². The molecule has 4 heterocycles. The van der Waals surface area contributed by atoms with Gasteiger partial charge in [0.25, 0.3) is 5.91 Å². The topological polar surface area (TPSA) is 53.4 Å². The molecule has 140 valence electrons. The molecule has 2 fully saturated rings. The first-order valence-corrected chi connectivity index (χ1v) is 9.97. The number of aromatic nitrogens is 2. The van der Waals surface area contributed by atoms with E-state index < -0.39 is 0 Å². The lowest BCUT2D eigenvalue weighted by Crippen LogP contribution is -2.41. The molecule has 3 aliphatic rings. The van der Waals surface area contributed by atoms with Crippen molar-refractivity contribution < 1.29 is 4.79 Å². The molecule has 6 nitrogen and oxygen atoms in total. The Morgan fingerprint density at radius 2 is 2.04 bits per heavy atom. The van der Waals surface area contributed by atoms with Crippen LogP contribution in [0.1, 0.15) is 49.3 Å². The monoisotopic (exact) mass is 367 g/mol. The highest BCUT2D eigenvalue weighted by Crippen LogP contribution is 2.29. The van der Waals surface area contributed by atoms with Crippen LogP contribution in [0.2, 0.25) is 5.02 Å². The van der Waals surface area contributed by atoms with Gasteiger partial charge >= 0.3 is 0 Å². The lowest BCUT2D eigenvalue weighted by atomic mass is 9.94. The van der Waals surface area contributed by atoms with Crippen LogP contribution in [0.5, 0.6) is 0 Å². The third kappa shape index (κ3) is 3.71. The quantitative estimate of drug-likeness (QED) is 0.827. The molecule has 2 unspecified atom stereocenters. The number of halogens is 1. The fourth-order valence-corrected chi connectivity index (χ4v) is 4.41. The first kappa shape index (κ1) is 18.7. The number of carbonyl (C=O) groups excluding carboxylic acids is 1. The van der Waals surface area contributed by atoms with Gasteiger partial charge in [-0.3, -0.25) is 9.48 Å². The van der Waals surface area contributed by atoms with Crippen LogP contribution in [-0.2, 0) is 13.1 Å². The SMILES string of the molecule is CC.CN1CCCn2nc(C(=O)N3CC4CCCNC4C3)c(Cl)c2C1. The van der Waals surface area contributed by atoms with Crippen molar-refractivity contribution in [3.05, 3.63) is 16.4 Å². The van der Waals surface area contributed by atoms with E-state index in [2.05, 4.69) is 22.4 Å². The Labute approximate surface area is 155 Å². The summed E-state index contributed by atoms with van der Waals surface area (Å²) in [7, 11) is 2.08. The molecule has 1 amide bonds. The third-order valence-electron chi connectivity index (χ3n) is 5.41. The number of nitrogens with zero attached hydrogens (tertiary/aromatic N) is 4. The van der Waals surface area contributed by atoms with Crippen LogP contribution >= 0.6 is 11.6 Å². The first-order valence-electron chi connectivity index (χ1n) is 9.60. The Morgan fingerprint density at radius 1 is 1.24 bits per heavy atom. The van der Waals surface area contributed by atoms with Crippen molar-refractivity contribution in [3.8, 4) is 0 Å². The van der Waals surface area contributed by atoms with Crippen LogP contribution in [0, 0.1) is 5.92 Å². The normalized spacial score (nSPS) is 26.3. The molecule has 0 radical (unpaired) electrons. The summed E-state index contributed by atoms with van der Waals surface area (Å²) in [4.78, 5) is 17.1. The number of likely N-dealkylation sites (tertiary alicyclic amines) is 1. The predicted octanol–water partition coefficient (Wildman–Crippen LogP) is 2.22. The van der Waals surface area contributed by atoms with Gasteiger partial charge in [0, 0.05) is 38.8 Å². The predicted molar refractivity (Wildman–Crippen MR) is 100.0 cm³/mol. The van der Waals surface area contributed by atoms with E-state index >= 15 is 0 Å². The van der Waals surface area contributed by atoms with Crippen molar-refractivity contribution in [2.75, 3.05) is 33.2 Å². The minimum atomic E-state index is -0.00516. The molecule has 1 N–H and O–H groups in total. The second-order valence-electron chi connectivity index (χ2n) is 7.10. The molecule has 0 saturated carbocycles. The van der Waals surface area contributed by atoms with Crippen molar-refractivity contribution in [2.45, 2.75) is 52.2 Å². The molecule has 0 bridgehead atoms. The molecule has 0 aromatic carbocycles. The summed E-state index contributed by atoms with van der Waals surface area (Å²) in [5.41, 5.74) is 1.42. The number of carbonyl (C=O) groups is 1. The van der Waals surface area contributed by atoms with Crippen LogP contribution in [-0.4, -0.2) is 64.8 Å². The summed E-state index contributed by atoms with van der Waals surface area (Å²) in [6.45, 7) is 9.29. The summed E-state index contributed by atoms with van der Waals surface area (Å²) < 4.78 is 1.93. The van der Waals surface area contributed by atoms with Crippen LogP contribution in [0.25, 0.3) is 0 Å². The van der Waals surface area contributed by atoms with Gasteiger partial charge in [-0.05, 0) is 38.8 Å².